The van der Waals surface area contributed by atoms with Gasteiger partial charge in [-0.3, -0.25) is 19.4 Å². The molecular formula is C25H28N6O2. The van der Waals surface area contributed by atoms with Crippen molar-refractivity contribution in [3.63, 3.8) is 0 Å². The van der Waals surface area contributed by atoms with E-state index in [4.69, 9.17) is 4.42 Å². The fourth-order valence-electron chi connectivity index (χ4n) is 4.42. The third kappa shape index (κ3) is 4.57. The van der Waals surface area contributed by atoms with Crippen LogP contribution in [0.25, 0.3) is 22.0 Å². The minimum atomic E-state index is -0.0900. The van der Waals surface area contributed by atoms with Gasteiger partial charge in [-0.2, -0.15) is 5.10 Å². The van der Waals surface area contributed by atoms with Crippen molar-refractivity contribution in [2.24, 2.45) is 7.05 Å². The van der Waals surface area contributed by atoms with Gasteiger partial charge in [-0.25, -0.2) is 4.98 Å². The Balaban J connectivity index is 1.29. The lowest BCUT2D eigenvalue weighted by molar-refractivity contribution is 0.0987. The predicted octanol–water partition coefficient (Wildman–Crippen LogP) is 4.03. The maximum absolute atomic E-state index is 12.9. The Morgan fingerprint density at radius 1 is 1.12 bits per heavy atom. The second kappa shape index (κ2) is 8.86. The Kier molecular flexibility index (Phi) is 5.76. The van der Waals surface area contributed by atoms with E-state index in [2.05, 4.69) is 38.8 Å². The molecule has 0 unspecified atom stereocenters. The van der Waals surface area contributed by atoms with Gasteiger partial charge in [-0.05, 0) is 51.9 Å². The summed E-state index contributed by atoms with van der Waals surface area (Å²) in [6.07, 6.45) is 11.0. The number of carbonyl (C=O) groups excluding carboxylic acids is 1. The maximum atomic E-state index is 12.9. The number of likely N-dealkylation sites (tertiary alicyclic amines) is 1. The molecule has 8 nitrogen and oxygen atoms in total. The van der Waals surface area contributed by atoms with Gasteiger partial charge in [0.25, 0.3) is 0 Å². The van der Waals surface area contributed by atoms with Crippen LogP contribution in [0.5, 0.6) is 0 Å². The van der Waals surface area contributed by atoms with Crippen molar-refractivity contribution in [3.8, 4) is 11.1 Å². The molecule has 0 spiro atoms. The first kappa shape index (κ1) is 21.5. The highest BCUT2D eigenvalue weighted by molar-refractivity contribution is 5.95. The quantitative estimate of drug-likeness (QED) is 0.415. The molecule has 5 heterocycles. The van der Waals surface area contributed by atoms with Gasteiger partial charge in [0.1, 0.15) is 12.0 Å². The summed E-state index contributed by atoms with van der Waals surface area (Å²) in [7, 11) is 1.88. The molecule has 4 aromatic heterocycles. The number of aryl methyl sites for hydroxylation is 1. The zero-order chi connectivity index (χ0) is 22.9. The number of nitrogens with zero attached hydrogens (tertiary/aromatic N) is 6. The molecule has 8 heteroatoms. The Labute approximate surface area is 192 Å². The molecule has 1 fully saturated rings. The summed E-state index contributed by atoms with van der Waals surface area (Å²) in [6, 6.07) is 4.52. The molecule has 170 valence electrons. The zero-order valence-corrected chi connectivity index (χ0v) is 19.2. The molecule has 0 atom stereocenters. The van der Waals surface area contributed by atoms with Crippen LogP contribution < -0.4 is 0 Å². The second-order valence-corrected chi connectivity index (χ2v) is 9.07. The third-order valence-corrected chi connectivity index (χ3v) is 6.42. The van der Waals surface area contributed by atoms with Gasteiger partial charge in [0.15, 0.2) is 11.7 Å². The number of hydrogen-bond donors (Lipinski definition) is 0. The fraction of sp³-hybridized carbons (Fsp3) is 0.400. The van der Waals surface area contributed by atoms with Gasteiger partial charge in [0.2, 0.25) is 0 Å². The van der Waals surface area contributed by atoms with E-state index < -0.39 is 0 Å². The number of aromatic nitrogens is 5. The number of fused-ring (bicyclic) bond motifs is 1. The first-order valence-electron chi connectivity index (χ1n) is 11.4. The van der Waals surface area contributed by atoms with Crippen molar-refractivity contribution in [1.29, 1.82) is 0 Å². The first-order chi connectivity index (χ1) is 16.0. The Bertz CT molecular complexity index is 1280. The molecule has 0 N–H and O–H groups in total. The van der Waals surface area contributed by atoms with Crippen LogP contribution in [0.3, 0.4) is 0 Å². The summed E-state index contributed by atoms with van der Waals surface area (Å²) in [5.74, 6) is 0.865. The monoisotopic (exact) mass is 444 g/mol. The number of Topliss-reactive ketones (excluding diaryl/α,β-unsaturated/α-hetero) is 1. The molecule has 1 saturated heterocycles. The average molecular weight is 445 g/mol. The smallest absolute Gasteiger partial charge is 0.197 e. The summed E-state index contributed by atoms with van der Waals surface area (Å²) >= 11 is 0. The lowest BCUT2D eigenvalue weighted by Crippen LogP contribution is -2.37. The van der Waals surface area contributed by atoms with Gasteiger partial charge in [0.05, 0.1) is 24.3 Å². The van der Waals surface area contributed by atoms with E-state index in [0.29, 0.717) is 23.3 Å². The number of ketones is 1. The SMILES string of the molecule is CC(C)N1CCC(c2nc(C(=O)Cc3cc4cc(-c5cnn(C)c5)cnc4cn3)co2)CC1. The van der Waals surface area contributed by atoms with Crippen molar-refractivity contribution in [2.75, 3.05) is 13.1 Å². The topological polar surface area (TPSA) is 89.9 Å². The Morgan fingerprint density at radius 2 is 1.94 bits per heavy atom. The summed E-state index contributed by atoms with van der Waals surface area (Å²) in [6.45, 7) is 6.51. The van der Waals surface area contributed by atoms with E-state index in [9.17, 15) is 4.79 Å². The number of oxazole rings is 1. The third-order valence-electron chi connectivity index (χ3n) is 6.42. The van der Waals surface area contributed by atoms with Gasteiger partial charge in [-0.1, -0.05) is 0 Å². The molecule has 0 saturated carbocycles. The molecule has 0 bridgehead atoms. The van der Waals surface area contributed by atoms with Crippen LogP contribution >= 0.6 is 0 Å². The predicted molar refractivity (Wildman–Crippen MR) is 125 cm³/mol. The number of piperidine rings is 1. The molecule has 0 amide bonds. The standard InChI is InChI=1S/C25H28N6O2/c1-16(2)31-6-4-17(5-7-31)25-29-23(15-33-25)24(32)10-21-9-18-8-19(11-27-22(18)13-26-21)20-12-28-30(3)14-20/h8-9,11-17H,4-7,10H2,1-3H3. The number of hydrogen-bond acceptors (Lipinski definition) is 7. The van der Waals surface area contributed by atoms with Crippen LogP contribution in [-0.2, 0) is 13.5 Å². The molecule has 0 aromatic carbocycles. The minimum absolute atomic E-state index is 0.0900. The van der Waals surface area contributed by atoms with Crippen molar-refractivity contribution < 1.29 is 9.21 Å². The Hall–Kier alpha value is -3.39. The van der Waals surface area contributed by atoms with Gasteiger partial charge in [0, 0.05) is 53.6 Å². The van der Waals surface area contributed by atoms with Gasteiger partial charge in [-0.15, -0.1) is 0 Å². The lowest BCUT2D eigenvalue weighted by Gasteiger charge is -2.33. The molecule has 0 radical (unpaired) electrons. The number of pyridine rings is 2. The summed E-state index contributed by atoms with van der Waals surface area (Å²) in [5, 5.41) is 5.16. The molecule has 0 aliphatic carbocycles. The lowest BCUT2D eigenvalue weighted by atomic mass is 9.96. The fourth-order valence-corrected chi connectivity index (χ4v) is 4.42. The molecule has 5 rings (SSSR count). The Morgan fingerprint density at radius 3 is 2.67 bits per heavy atom. The largest absolute Gasteiger partial charge is 0.448 e. The normalized spacial score (nSPS) is 15.5. The van der Waals surface area contributed by atoms with Crippen molar-refractivity contribution >= 4 is 16.7 Å². The zero-order valence-electron chi connectivity index (χ0n) is 19.2. The van der Waals surface area contributed by atoms with E-state index in [1.54, 1.807) is 10.9 Å². The maximum Gasteiger partial charge on any atom is 0.197 e. The van der Waals surface area contributed by atoms with E-state index >= 15 is 0 Å². The highest BCUT2D eigenvalue weighted by Gasteiger charge is 2.26. The van der Waals surface area contributed by atoms with E-state index in [-0.39, 0.29) is 18.1 Å². The molecule has 1 aliphatic rings. The van der Waals surface area contributed by atoms with Crippen LogP contribution in [0.4, 0.5) is 0 Å². The average Bonchev–Trinajstić information content (AvgIpc) is 3.48. The van der Waals surface area contributed by atoms with Crippen molar-refractivity contribution in [2.45, 2.75) is 45.1 Å². The highest BCUT2D eigenvalue weighted by Crippen LogP contribution is 2.28. The minimum Gasteiger partial charge on any atom is -0.448 e. The van der Waals surface area contributed by atoms with Crippen molar-refractivity contribution in [3.05, 3.63) is 60.5 Å². The van der Waals surface area contributed by atoms with Crippen LogP contribution in [0.1, 0.15) is 54.7 Å². The molecule has 4 aromatic rings. The summed E-state index contributed by atoms with van der Waals surface area (Å²) in [5.41, 5.74) is 3.82. The summed E-state index contributed by atoms with van der Waals surface area (Å²) < 4.78 is 7.47. The van der Waals surface area contributed by atoms with E-state index in [1.165, 1.54) is 6.26 Å². The van der Waals surface area contributed by atoms with Gasteiger partial charge < -0.3 is 9.32 Å². The molecule has 1 aliphatic heterocycles. The van der Waals surface area contributed by atoms with Crippen LogP contribution in [0.2, 0.25) is 0 Å². The number of carbonyl (C=O) groups is 1. The number of rotatable bonds is 6. The van der Waals surface area contributed by atoms with Crippen LogP contribution in [0, 0.1) is 0 Å². The van der Waals surface area contributed by atoms with Crippen LogP contribution in [-0.4, -0.2) is 54.5 Å². The summed E-state index contributed by atoms with van der Waals surface area (Å²) in [4.78, 5) is 28.8. The highest BCUT2D eigenvalue weighted by atomic mass is 16.3. The first-order valence-corrected chi connectivity index (χ1v) is 11.4. The second-order valence-electron chi connectivity index (χ2n) is 9.07. The molecular weight excluding hydrogens is 416 g/mol. The van der Waals surface area contributed by atoms with E-state index in [1.807, 2.05) is 37.8 Å². The molecule has 33 heavy (non-hydrogen) atoms. The van der Waals surface area contributed by atoms with Crippen molar-refractivity contribution in [1.82, 2.24) is 29.6 Å². The van der Waals surface area contributed by atoms with Gasteiger partial charge >= 0.3 is 0 Å². The van der Waals surface area contributed by atoms with Crippen LogP contribution in [0.15, 0.2) is 47.6 Å². The van der Waals surface area contributed by atoms with E-state index in [0.717, 1.165) is 48.0 Å².